The lowest BCUT2D eigenvalue weighted by Gasteiger charge is -2.25. The predicted molar refractivity (Wildman–Crippen MR) is 133 cm³/mol. The smallest absolute Gasteiger partial charge is 0.157 e. The minimum atomic E-state index is -0.263. The second-order valence-electron chi connectivity index (χ2n) is 7.29. The molecule has 7 heteroatoms. The quantitative estimate of drug-likeness (QED) is 0.286. The molecule has 32 heavy (non-hydrogen) atoms. The summed E-state index contributed by atoms with van der Waals surface area (Å²) in [5, 5.41) is 0.700. The minimum absolute atomic E-state index is 0.127. The van der Waals surface area contributed by atoms with E-state index in [1.807, 2.05) is 54.6 Å². The third kappa shape index (κ3) is 6.98. The van der Waals surface area contributed by atoms with E-state index >= 15 is 0 Å². The molecule has 3 rings (SSSR count). The fraction of sp³-hybridized carbons (Fsp3) is 0.200. The van der Waals surface area contributed by atoms with Crippen LogP contribution in [0.15, 0.2) is 77.3 Å². The number of halogens is 4. The average molecular weight is 512 g/mol. The van der Waals surface area contributed by atoms with Gasteiger partial charge < -0.3 is 14.2 Å². The molecular weight excluding hydrogens is 490 g/mol. The maximum Gasteiger partial charge on any atom is 0.157 e. The van der Waals surface area contributed by atoms with Crippen LogP contribution < -0.4 is 14.2 Å². The van der Waals surface area contributed by atoms with E-state index in [4.69, 9.17) is 60.6 Å². The molecule has 0 aliphatic rings. The Hall–Kier alpha value is -2.04. The zero-order valence-corrected chi connectivity index (χ0v) is 20.6. The van der Waals surface area contributed by atoms with E-state index in [9.17, 15) is 0 Å². The van der Waals surface area contributed by atoms with Crippen LogP contribution in [0.2, 0.25) is 10.0 Å². The Morgan fingerprint density at radius 3 is 2.00 bits per heavy atom. The molecule has 168 valence electrons. The standard InChI is InChI=1S/C25H22Cl4O3/c1-16(2)24(17-8-10-19(11-9-17)31-18-6-4-3-5-7-18)32-25-21(26)14-20(15-22(25)27)30-13-12-23(28)29/h3-12,14-16,24H,13H2,1-2H3. The van der Waals surface area contributed by atoms with E-state index in [-0.39, 0.29) is 23.1 Å². The van der Waals surface area contributed by atoms with Gasteiger partial charge in [-0.25, -0.2) is 0 Å². The normalized spacial score (nSPS) is 11.7. The lowest BCUT2D eigenvalue weighted by Crippen LogP contribution is -2.14. The van der Waals surface area contributed by atoms with Gasteiger partial charge in [0.1, 0.15) is 34.5 Å². The van der Waals surface area contributed by atoms with Crippen molar-refractivity contribution in [1.82, 2.24) is 0 Å². The van der Waals surface area contributed by atoms with Crippen LogP contribution in [-0.4, -0.2) is 6.61 Å². The van der Waals surface area contributed by atoms with Crippen molar-refractivity contribution < 1.29 is 14.2 Å². The number of rotatable bonds is 9. The second-order valence-corrected chi connectivity index (χ2v) is 9.11. The molecule has 0 spiro atoms. The molecule has 1 atom stereocenters. The summed E-state index contributed by atoms with van der Waals surface area (Å²) in [4.78, 5) is 0. The first kappa shape index (κ1) is 24.6. The molecule has 0 saturated heterocycles. The molecule has 0 aromatic heterocycles. The van der Waals surface area contributed by atoms with Gasteiger partial charge >= 0.3 is 0 Å². The van der Waals surface area contributed by atoms with Crippen LogP contribution >= 0.6 is 46.4 Å². The molecule has 0 amide bonds. The topological polar surface area (TPSA) is 27.7 Å². The third-order valence-electron chi connectivity index (χ3n) is 4.50. The van der Waals surface area contributed by atoms with Gasteiger partial charge in [0, 0.05) is 12.1 Å². The van der Waals surface area contributed by atoms with E-state index in [0.717, 1.165) is 17.1 Å². The SMILES string of the molecule is CC(C)C(Oc1c(Cl)cc(OCC=C(Cl)Cl)cc1Cl)c1ccc(Oc2ccccc2)cc1. The van der Waals surface area contributed by atoms with Gasteiger partial charge in [0.2, 0.25) is 0 Å². The van der Waals surface area contributed by atoms with Gasteiger partial charge in [0.05, 0.1) is 10.0 Å². The highest BCUT2D eigenvalue weighted by atomic mass is 35.5. The summed E-state index contributed by atoms with van der Waals surface area (Å²) < 4.78 is 17.8. The van der Waals surface area contributed by atoms with Crippen LogP contribution in [0.25, 0.3) is 0 Å². The van der Waals surface area contributed by atoms with Crippen molar-refractivity contribution in [3.05, 3.63) is 92.9 Å². The van der Waals surface area contributed by atoms with E-state index in [1.165, 1.54) is 6.08 Å². The van der Waals surface area contributed by atoms with Crippen molar-refractivity contribution in [1.29, 1.82) is 0 Å². The number of hydrogen-bond donors (Lipinski definition) is 0. The van der Waals surface area contributed by atoms with Crippen LogP contribution in [-0.2, 0) is 0 Å². The van der Waals surface area contributed by atoms with E-state index in [2.05, 4.69) is 13.8 Å². The lowest BCUT2D eigenvalue weighted by molar-refractivity contribution is 0.154. The first-order chi connectivity index (χ1) is 15.3. The summed E-state index contributed by atoms with van der Waals surface area (Å²) in [6, 6.07) is 20.7. The highest BCUT2D eigenvalue weighted by Crippen LogP contribution is 2.41. The van der Waals surface area contributed by atoms with E-state index < -0.39 is 0 Å². The highest BCUT2D eigenvalue weighted by molar-refractivity contribution is 6.55. The Bertz CT molecular complexity index is 1020. The van der Waals surface area contributed by atoms with Crippen molar-refractivity contribution in [3.8, 4) is 23.0 Å². The van der Waals surface area contributed by atoms with Gasteiger partial charge in [-0.15, -0.1) is 0 Å². The minimum Gasteiger partial charge on any atom is -0.489 e. The summed E-state index contributed by atoms with van der Waals surface area (Å²) in [7, 11) is 0. The Balaban J connectivity index is 1.75. The number of ether oxygens (including phenoxy) is 3. The first-order valence-electron chi connectivity index (χ1n) is 9.96. The molecule has 3 aromatic rings. The molecule has 3 nitrogen and oxygen atoms in total. The molecule has 0 N–H and O–H groups in total. The Morgan fingerprint density at radius 2 is 1.44 bits per heavy atom. The monoisotopic (exact) mass is 510 g/mol. The Kier molecular flexibility index (Phi) is 9.01. The van der Waals surface area contributed by atoms with Gasteiger partial charge in [-0.2, -0.15) is 0 Å². The van der Waals surface area contributed by atoms with Crippen molar-refractivity contribution in [2.24, 2.45) is 5.92 Å². The van der Waals surface area contributed by atoms with Crippen molar-refractivity contribution in [2.75, 3.05) is 6.61 Å². The fourth-order valence-corrected chi connectivity index (χ4v) is 3.68. The summed E-state index contributed by atoms with van der Waals surface area (Å²) in [6.45, 7) is 4.34. The van der Waals surface area contributed by atoms with Crippen LogP contribution in [0.4, 0.5) is 0 Å². The van der Waals surface area contributed by atoms with Gasteiger partial charge in [0.25, 0.3) is 0 Å². The average Bonchev–Trinajstić information content (AvgIpc) is 2.74. The second kappa shape index (κ2) is 11.7. The predicted octanol–water partition coefficient (Wildman–Crippen LogP) is 9.26. The van der Waals surface area contributed by atoms with Crippen LogP contribution in [0.5, 0.6) is 23.0 Å². The van der Waals surface area contributed by atoms with Gasteiger partial charge in [0.15, 0.2) is 5.75 Å². The van der Waals surface area contributed by atoms with E-state index in [0.29, 0.717) is 21.5 Å². The summed E-state index contributed by atoms with van der Waals surface area (Å²) >= 11 is 24.1. The zero-order chi connectivity index (χ0) is 23.1. The van der Waals surface area contributed by atoms with Crippen LogP contribution in [0.3, 0.4) is 0 Å². The maximum atomic E-state index is 6.45. The largest absolute Gasteiger partial charge is 0.489 e. The molecule has 0 heterocycles. The summed E-state index contributed by atoms with van der Waals surface area (Å²) in [5.74, 6) is 2.57. The summed E-state index contributed by atoms with van der Waals surface area (Å²) in [6.07, 6.45) is 1.26. The molecule has 0 bridgehead atoms. The van der Waals surface area contributed by atoms with Gasteiger partial charge in [-0.1, -0.05) is 90.6 Å². The molecule has 0 aliphatic carbocycles. The number of hydrogen-bond acceptors (Lipinski definition) is 3. The molecule has 0 saturated carbocycles. The first-order valence-corrected chi connectivity index (χ1v) is 11.5. The highest BCUT2D eigenvalue weighted by Gasteiger charge is 2.21. The molecule has 0 aliphatic heterocycles. The van der Waals surface area contributed by atoms with Gasteiger partial charge in [-0.05, 0) is 41.8 Å². The molecule has 3 aromatic carbocycles. The van der Waals surface area contributed by atoms with Crippen molar-refractivity contribution in [2.45, 2.75) is 20.0 Å². The zero-order valence-electron chi connectivity index (χ0n) is 17.5. The maximum absolute atomic E-state index is 6.45. The molecular formula is C25H22Cl4O3. The summed E-state index contributed by atoms with van der Waals surface area (Å²) in [5.41, 5.74) is 0.981. The Labute approximate surface area is 208 Å². The molecule has 1 unspecified atom stereocenters. The Morgan fingerprint density at radius 1 is 0.844 bits per heavy atom. The van der Waals surface area contributed by atoms with Crippen molar-refractivity contribution in [3.63, 3.8) is 0 Å². The van der Waals surface area contributed by atoms with E-state index in [1.54, 1.807) is 12.1 Å². The van der Waals surface area contributed by atoms with Crippen molar-refractivity contribution >= 4 is 46.4 Å². The molecule has 0 fully saturated rings. The fourth-order valence-electron chi connectivity index (χ4n) is 3.00. The number of para-hydroxylation sites is 1. The third-order valence-corrected chi connectivity index (χ3v) is 5.37. The van der Waals surface area contributed by atoms with Gasteiger partial charge in [-0.3, -0.25) is 0 Å². The molecule has 0 radical (unpaired) electrons. The lowest BCUT2D eigenvalue weighted by atomic mass is 9.98. The van der Waals surface area contributed by atoms with Crippen LogP contribution in [0.1, 0.15) is 25.5 Å². The number of benzene rings is 3. The van der Waals surface area contributed by atoms with Crippen LogP contribution in [0, 0.1) is 5.92 Å².